The lowest BCUT2D eigenvalue weighted by molar-refractivity contribution is 0.561. The summed E-state index contributed by atoms with van der Waals surface area (Å²) in [7, 11) is 2.06. The van der Waals surface area contributed by atoms with Crippen LogP contribution in [0.15, 0.2) is 17.0 Å². The Morgan fingerprint density at radius 3 is 2.86 bits per heavy atom. The normalized spacial score (nSPS) is 20.6. The van der Waals surface area contributed by atoms with Gasteiger partial charge in [-0.2, -0.15) is 0 Å². The fraction of sp³-hybridized carbons (Fsp3) is 0.500. The second-order valence-corrected chi connectivity index (χ2v) is 5.11. The Balaban J connectivity index is 2.51. The number of hydrogen-bond acceptors (Lipinski definition) is 2. The topological polar surface area (TPSA) is 12.0 Å². The quantitative estimate of drug-likeness (QED) is 0.759. The summed E-state index contributed by atoms with van der Waals surface area (Å²) in [6.45, 7) is 4.40. The molecular weight excluding hydrogens is 190 g/mol. The Morgan fingerprint density at radius 1 is 1.36 bits per heavy atom. The van der Waals surface area contributed by atoms with Gasteiger partial charge in [-0.15, -0.1) is 11.8 Å². The molecule has 1 N–H and O–H groups in total. The molecule has 1 aromatic rings. The molecule has 0 aromatic heterocycles. The first kappa shape index (κ1) is 10.1. The molecule has 1 heterocycles. The van der Waals surface area contributed by atoms with E-state index in [1.54, 1.807) is 0 Å². The van der Waals surface area contributed by atoms with Gasteiger partial charge < -0.3 is 5.32 Å². The Hall–Kier alpha value is -0.470. The molecule has 1 aromatic carbocycles. The second kappa shape index (κ2) is 3.95. The Bertz CT molecular complexity index is 346. The second-order valence-electron chi connectivity index (χ2n) is 3.97. The molecule has 1 aliphatic rings. The largest absolute Gasteiger partial charge is 0.313 e. The molecule has 2 rings (SSSR count). The molecule has 1 unspecified atom stereocenters. The summed E-state index contributed by atoms with van der Waals surface area (Å²) in [6.07, 6.45) is 1.25. The van der Waals surface area contributed by atoms with Crippen LogP contribution in [0.1, 0.15) is 29.2 Å². The lowest BCUT2D eigenvalue weighted by Crippen LogP contribution is -2.21. The van der Waals surface area contributed by atoms with Gasteiger partial charge in [-0.1, -0.05) is 6.07 Å². The summed E-state index contributed by atoms with van der Waals surface area (Å²) in [5.74, 6) is 1.24. The first-order valence-electron chi connectivity index (χ1n) is 5.13. The molecule has 0 radical (unpaired) electrons. The van der Waals surface area contributed by atoms with Gasteiger partial charge in [0.15, 0.2) is 0 Å². The maximum Gasteiger partial charge on any atom is 0.0339 e. The maximum absolute atomic E-state index is 3.41. The van der Waals surface area contributed by atoms with Crippen LogP contribution in [0.3, 0.4) is 0 Å². The van der Waals surface area contributed by atoms with E-state index in [4.69, 9.17) is 0 Å². The summed E-state index contributed by atoms with van der Waals surface area (Å²) in [5, 5.41) is 3.41. The third kappa shape index (κ3) is 1.69. The van der Waals surface area contributed by atoms with E-state index >= 15 is 0 Å². The number of rotatable bonds is 1. The van der Waals surface area contributed by atoms with Crippen molar-refractivity contribution in [3.63, 3.8) is 0 Å². The van der Waals surface area contributed by atoms with E-state index in [0.29, 0.717) is 6.04 Å². The minimum atomic E-state index is 0.562. The van der Waals surface area contributed by atoms with Gasteiger partial charge in [-0.25, -0.2) is 0 Å². The zero-order valence-corrected chi connectivity index (χ0v) is 9.87. The molecule has 2 heteroatoms. The average molecular weight is 207 g/mol. The lowest BCUT2D eigenvalue weighted by Gasteiger charge is -2.27. The van der Waals surface area contributed by atoms with E-state index in [2.05, 4.69) is 38.3 Å². The number of nitrogens with one attached hydrogen (secondary N) is 1. The van der Waals surface area contributed by atoms with Gasteiger partial charge in [0.2, 0.25) is 0 Å². The van der Waals surface area contributed by atoms with E-state index < -0.39 is 0 Å². The molecule has 0 bridgehead atoms. The van der Waals surface area contributed by atoms with Crippen LogP contribution in [0, 0.1) is 13.8 Å². The van der Waals surface area contributed by atoms with Crippen LogP contribution in [0.5, 0.6) is 0 Å². The van der Waals surface area contributed by atoms with Crippen LogP contribution in [0.4, 0.5) is 0 Å². The molecule has 0 amide bonds. The number of aryl methyl sites for hydroxylation is 2. The van der Waals surface area contributed by atoms with E-state index in [1.807, 2.05) is 11.8 Å². The molecule has 0 fully saturated rings. The Kier molecular flexibility index (Phi) is 2.84. The number of benzene rings is 1. The van der Waals surface area contributed by atoms with Crippen molar-refractivity contribution in [3.8, 4) is 0 Å². The van der Waals surface area contributed by atoms with Crippen LogP contribution in [0.25, 0.3) is 0 Å². The van der Waals surface area contributed by atoms with Gasteiger partial charge in [0.25, 0.3) is 0 Å². The highest BCUT2D eigenvalue weighted by molar-refractivity contribution is 7.99. The molecule has 1 nitrogen and oxygen atoms in total. The van der Waals surface area contributed by atoms with Gasteiger partial charge in [0.1, 0.15) is 0 Å². The van der Waals surface area contributed by atoms with E-state index in [9.17, 15) is 0 Å². The molecule has 1 aliphatic heterocycles. The summed E-state index contributed by atoms with van der Waals surface area (Å²) >= 11 is 2.00. The first-order valence-corrected chi connectivity index (χ1v) is 6.12. The molecule has 0 aliphatic carbocycles. The molecule has 0 saturated heterocycles. The van der Waals surface area contributed by atoms with Crippen molar-refractivity contribution in [1.82, 2.24) is 5.32 Å². The van der Waals surface area contributed by atoms with E-state index in [-0.39, 0.29) is 0 Å². The summed E-state index contributed by atoms with van der Waals surface area (Å²) in [6, 6.07) is 5.16. The minimum absolute atomic E-state index is 0.562. The van der Waals surface area contributed by atoms with Gasteiger partial charge in [-0.05, 0) is 55.8 Å². The summed E-state index contributed by atoms with van der Waals surface area (Å²) in [5.41, 5.74) is 4.34. The Labute approximate surface area is 90.3 Å². The van der Waals surface area contributed by atoms with E-state index in [0.717, 1.165) is 0 Å². The predicted octanol–water partition coefficient (Wildman–Crippen LogP) is 3.06. The highest BCUT2D eigenvalue weighted by Gasteiger charge is 2.21. The molecule has 14 heavy (non-hydrogen) atoms. The molecule has 1 atom stereocenters. The standard InChI is InChI=1S/C12H17NS/c1-8-6-9(2)12-10(13-3)4-5-14-11(12)7-8/h6-7,10,13H,4-5H2,1-3H3. The molecule has 0 spiro atoms. The predicted molar refractivity (Wildman–Crippen MR) is 63.1 cm³/mol. The lowest BCUT2D eigenvalue weighted by atomic mass is 9.97. The van der Waals surface area contributed by atoms with Crippen molar-refractivity contribution in [1.29, 1.82) is 0 Å². The van der Waals surface area contributed by atoms with Crippen LogP contribution in [-0.4, -0.2) is 12.8 Å². The zero-order chi connectivity index (χ0) is 10.1. The SMILES string of the molecule is CNC1CCSc2cc(C)cc(C)c21. The fourth-order valence-electron chi connectivity index (χ4n) is 2.23. The van der Waals surface area contributed by atoms with Crippen LogP contribution in [0.2, 0.25) is 0 Å². The molecule has 76 valence electrons. The smallest absolute Gasteiger partial charge is 0.0339 e. The van der Waals surface area contributed by atoms with Crippen LogP contribution in [-0.2, 0) is 0 Å². The Morgan fingerprint density at radius 2 is 2.14 bits per heavy atom. The third-order valence-electron chi connectivity index (χ3n) is 2.85. The van der Waals surface area contributed by atoms with Crippen molar-refractivity contribution >= 4 is 11.8 Å². The van der Waals surface area contributed by atoms with E-state index in [1.165, 1.54) is 33.8 Å². The van der Waals surface area contributed by atoms with Crippen LogP contribution < -0.4 is 5.32 Å². The first-order chi connectivity index (χ1) is 6.72. The monoisotopic (exact) mass is 207 g/mol. The zero-order valence-electron chi connectivity index (χ0n) is 9.05. The van der Waals surface area contributed by atoms with Crippen molar-refractivity contribution in [3.05, 3.63) is 28.8 Å². The summed E-state index contributed by atoms with van der Waals surface area (Å²) in [4.78, 5) is 1.48. The van der Waals surface area contributed by atoms with Gasteiger partial charge >= 0.3 is 0 Å². The minimum Gasteiger partial charge on any atom is -0.313 e. The van der Waals surface area contributed by atoms with Crippen molar-refractivity contribution in [2.24, 2.45) is 0 Å². The van der Waals surface area contributed by atoms with Gasteiger partial charge in [0, 0.05) is 10.9 Å². The fourth-order valence-corrected chi connectivity index (χ4v) is 3.53. The number of fused-ring (bicyclic) bond motifs is 1. The van der Waals surface area contributed by atoms with Gasteiger partial charge in [-0.3, -0.25) is 0 Å². The van der Waals surface area contributed by atoms with Crippen molar-refractivity contribution in [2.75, 3.05) is 12.8 Å². The van der Waals surface area contributed by atoms with Crippen molar-refractivity contribution in [2.45, 2.75) is 31.2 Å². The molecule has 0 saturated carbocycles. The number of hydrogen-bond donors (Lipinski definition) is 1. The molecular formula is C12H17NS. The van der Waals surface area contributed by atoms with Crippen molar-refractivity contribution < 1.29 is 0 Å². The highest BCUT2D eigenvalue weighted by atomic mass is 32.2. The average Bonchev–Trinajstić information content (AvgIpc) is 2.16. The highest BCUT2D eigenvalue weighted by Crippen LogP contribution is 2.38. The third-order valence-corrected chi connectivity index (χ3v) is 3.94. The van der Waals surface area contributed by atoms with Gasteiger partial charge in [0.05, 0.1) is 0 Å². The number of thioether (sulfide) groups is 1. The summed E-state index contributed by atoms with van der Waals surface area (Å²) < 4.78 is 0. The van der Waals surface area contributed by atoms with Crippen LogP contribution >= 0.6 is 11.8 Å². The maximum atomic E-state index is 3.41.